The summed E-state index contributed by atoms with van der Waals surface area (Å²) in [5.74, 6) is 4.97. The van der Waals surface area contributed by atoms with Crippen LogP contribution in [0, 0.1) is 11.6 Å². The predicted octanol–water partition coefficient (Wildman–Crippen LogP) is 13.5. The first-order valence-corrected chi connectivity index (χ1v) is 31.8. The van der Waals surface area contributed by atoms with Gasteiger partial charge in [0, 0.05) is 96.7 Å². The number of carbonyl (C=O) groups excluding carboxylic acids is 2. The summed E-state index contributed by atoms with van der Waals surface area (Å²) in [6.45, 7) is 6.11. The Morgan fingerprint density at radius 1 is 0.417 bits per heavy atom. The number of fused-ring (bicyclic) bond motifs is 2. The van der Waals surface area contributed by atoms with Crippen molar-refractivity contribution >= 4 is 11.6 Å². The first kappa shape index (κ1) is 67.4. The van der Waals surface area contributed by atoms with Crippen LogP contribution < -0.4 is 39.9 Å². The number of methoxy groups -OCH3 is 2. The number of nitrogens with zero attached hydrogens (tertiary/aromatic N) is 4. The molecule has 0 bridgehead atoms. The van der Waals surface area contributed by atoms with Crippen molar-refractivity contribution in [1.29, 1.82) is 0 Å². The Balaban J connectivity index is 0.000000195. The average Bonchev–Trinajstić information content (AvgIpc) is 1.61. The third-order valence-corrected chi connectivity index (χ3v) is 16.0. The molecule has 96 heavy (non-hydrogen) atoms. The zero-order valence-corrected chi connectivity index (χ0v) is 53.6. The molecular formula is C76H76F2N6O12. The van der Waals surface area contributed by atoms with Crippen molar-refractivity contribution in [3.8, 4) is 102 Å². The van der Waals surface area contributed by atoms with Gasteiger partial charge in [0.1, 0.15) is 34.8 Å². The van der Waals surface area contributed by atoms with E-state index in [1.807, 2.05) is 133 Å². The largest absolute Gasteiger partial charge is 0.497 e. The number of carbonyl (C=O) groups is 2. The first-order chi connectivity index (χ1) is 47.1. The second-order valence-electron chi connectivity index (χ2n) is 22.5. The quantitative estimate of drug-likeness (QED) is 0.0296. The van der Waals surface area contributed by atoms with E-state index in [9.17, 15) is 18.4 Å². The molecule has 496 valence electrons. The van der Waals surface area contributed by atoms with Crippen molar-refractivity contribution < 1.29 is 65.7 Å². The molecule has 2 aromatic heterocycles. The molecule has 12 rings (SSSR count). The Morgan fingerprint density at radius 3 is 1.15 bits per heavy atom. The minimum Gasteiger partial charge on any atom is -0.497 e. The summed E-state index contributed by atoms with van der Waals surface area (Å²) in [6.07, 6.45) is 2.03. The van der Waals surface area contributed by atoms with Crippen molar-refractivity contribution in [3.63, 3.8) is 0 Å². The molecular weight excluding hydrogens is 1230 g/mol. The van der Waals surface area contributed by atoms with Gasteiger partial charge in [-0.15, -0.1) is 0 Å². The smallest absolute Gasteiger partial charge is 0.231 e. The molecule has 0 atom stereocenters. The van der Waals surface area contributed by atoms with Crippen LogP contribution in [0.15, 0.2) is 182 Å². The van der Waals surface area contributed by atoms with E-state index in [4.69, 9.17) is 68.8 Å². The topological polar surface area (TPSA) is 214 Å². The van der Waals surface area contributed by atoms with Gasteiger partial charge >= 0.3 is 0 Å². The molecule has 10 aromatic rings. The monoisotopic (exact) mass is 1300 g/mol. The van der Waals surface area contributed by atoms with E-state index < -0.39 is 0 Å². The lowest BCUT2D eigenvalue weighted by Gasteiger charge is -2.15. The summed E-state index contributed by atoms with van der Waals surface area (Å²) in [7, 11) is 3.31. The molecule has 0 saturated heterocycles. The fraction of sp³-hybridized carbons (Fsp3) is 0.263. The molecule has 2 aliphatic heterocycles. The van der Waals surface area contributed by atoms with Gasteiger partial charge in [0.15, 0.2) is 34.6 Å². The lowest BCUT2D eigenvalue weighted by Crippen LogP contribution is -2.12. The predicted molar refractivity (Wildman–Crippen MR) is 362 cm³/mol. The molecule has 8 aromatic carbocycles. The van der Waals surface area contributed by atoms with Crippen molar-refractivity contribution in [1.82, 2.24) is 19.1 Å². The van der Waals surface area contributed by atoms with Crippen LogP contribution in [0.4, 0.5) is 8.78 Å². The van der Waals surface area contributed by atoms with Crippen LogP contribution in [0.1, 0.15) is 57.5 Å². The molecule has 4 heterocycles. The molecule has 0 amide bonds. The van der Waals surface area contributed by atoms with Gasteiger partial charge in [0.2, 0.25) is 13.6 Å². The highest BCUT2D eigenvalue weighted by atomic mass is 19.1. The fourth-order valence-corrected chi connectivity index (χ4v) is 11.2. The van der Waals surface area contributed by atoms with E-state index in [0.29, 0.717) is 156 Å². The Bertz CT molecular complexity index is 4180. The second-order valence-corrected chi connectivity index (χ2v) is 22.5. The molecule has 4 N–H and O–H groups in total. The molecule has 0 fully saturated rings. The molecule has 0 radical (unpaired) electrons. The van der Waals surface area contributed by atoms with Crippen LogP contribution in [0.2, 0.25) is 0 Å². The number of imidazole rings is 2. The minimum absolute atomic E-state index is 0.0359. The van der Waals surface area contributed by atoms with E-state index in [1.54, 1.807) is 38.5 Å². The van der Waals surface area contributed by atoms with Gasteiger partial charge in [0.05, 0.1) is 76.6 Å². The summed E-state index contributed by atoms with van der Waals surface area (Å²) < 4.78 is 87.4. The van der Waals surface area contributed by atoms with E-state index in [0.717, 1.165) is 73.3 Å². The normalized spacial score (nSPS) is 12.0. The minimum atomic E-state index is -0.359. The SMILES string of the molecule is COc1ccc(-c2nc(-c3ccc4c(c3)OCO4)n(Cc3ccc(C(=O)CCCOCCOCCN)cc3)c2-c2ccc(OC)cc2)cc1.NCCOCCOCCCC(=O)c1ccc(Cn2c(-c3ccc4c(c3)OCO4)nc(-c3ccc(F)cc3)c2-c2ccc(F)cc2)cc1. The third-order valence-electron chi connectivity index (χ3n) is 16.0. The number of nitrogens with two attached hydrogens (primary N) is 2. The second kappa shape index (κ2) is 33.4. The highest BCUT2D eigenvalue weighted by Crippen LogP contribution is 2.43. The van der Waals surface area contributed by atoms with Crippen LogP contribution in [0.5, 0.6) is 34.5 Å². The van der Waals surface area contributed by atoms with Gasteiger partial charge in [-0.1, -0.05) is 48.5 Å². The molecule has 0 saturated carbocycles. The summed E-state index contributed by atoms with van der Waals surface area (Å²) in [6, 6.07) is 55.1. The van der Waals surface area contributed by atoms with Gasteiger partial charge in [-0.05, 0) is 157 Å². The summed E-state index contributed by atoms with van der Waals surface area (Å²) in [5.41, 5.74) is 22.2. The van der Waals surface area contributed by atoms with E-state index in [-0.39, 0.29) is 36.8 Å². The lowest BCUT2D eigenvalue weighted by molar-refractivity contribution is 0.0489. The van der Waals surface area contributed by atoms with Crippen LogP contribution in [-0.4, -0.2) is 124 Å². The van der Waals surface area contributed by atoms with Gasteiger partial charge in [-0.3, -0.25) is 9.59 Å². The van der Waals surface area contributed by atoms with Crippen molar-refractivity contribution in [2.45, 2.75) is 38.8 Å². The fourth-order valence-electron chi connectivity index (χ4n) is 11.2. The highest BCUT2D eigenvalue weighted by molar-refractivity contribution is 5.96. The maximum Gasteiger partial charge on any atom is 0.231 e. The number of hydrogen-bond donors (Lipinski definition) is 2. The zero-order chi connectivity index (χ0) is 66.6. The Kier molecular flexibility index (Phi) is 23.4. The number of ether oxygens (including phenoxy) is 10. The maximum absolute atomic E-state index is 14.1. The molecule has 0 aliphatic carbocycles. The average molecular weight is 1300 g/mol. The van der Waals surface area contributed by atoms with Gasteiger partial charge in [-0.25, -0.2) is 18.7 Å². The maximum atomic E-state index is 14.1. The lowest BCUT2D eigenvalue weighted by atomic mass is 10.0. The first-order valence-electron chi connectivity index (χ1n) is 31.8. The van der Waals surface area contributed by atoms with Gasteiger partial charge in [-0.2, -0.15) is 0 Å². The molecule has 2 aliphatic rings. The highest BCUT2D eigenvalue weighted by Gasteiger charge is 2.27. The van der Waals surface area contributed by atoms with E-state index in [1.165, 1.54) is 24.3 Å². The van der Waals surface area contributed by atoms with Gasteiger partial charge in [0.25, 0.3) is 0 Å². The molecule has 18 nitrogen and oxygen atoms in total. The Labute approximate surface area is 556 Å². The van der Waals surface area contributed by atoms with E-state index >= 15 is 0 Å². The standard InChI is InChI=1S/C39H41N3O7.C37H35F2N3O5/c1-44-32-14-9-29(10-15-32)37-38(30-11-16-33(45-2)17-12-30)42(39(41-37)31-13-18-35-36(24-31)49-26-48-35)25-27-5-7-28(8-6-27)34(43)4-3-20-46-22-23-47-21-19-40;38-30-12-7-27(8-13-30)35-36(28-9-14-31(39)15-10-28)42(37(41-35)29-11-16-33-34(22-29)47-24-46-33)23-25-3-5-26(6-4-25)32(43)2-1-18-44-20-21-45-19-17-40/h5-18,24H,3-4,19-23,25-26,40H2,1-2H3;3-16,22H,1-2,17-21,23-24,40H2. The number of benzene rings is 8. The number of Topliss-reactive ketones (excluding diaryl/α,β-unsaturated/α-hetero) is 2. The molecule has 0 unspecified atom stereocenters. The number of hydrogen-bond acceptors (Lipinski definition) is 16. The van der Waals surface area contributed by atoms with Crippen LogP contribution in [-0.2, 0) is 32.0 Å². The molecule has 0 spiro atoms. The molecule has 20 heteroatoms. The summed E-state index contributed by atoms with van der Waals surface area (Å²) in [4.78, 5) is 36.2. The number of ketones is 2. The van der Waals surface area contributed by atoms with Crippen LogP contribution >= 0.6 is 0 Å². The zero-order valence-electron chi connectivity index (χ0n) is 53.6. The number of aromatic nitrogens is 4. The van der Waals surface area contributed by atoms with Crippen molar-refractivity contribution in [2.24, 2.45) is 11.5 Å². The Morgan fingerprint density at radius 2 is 0.760 bits per heavy atom. The Hall–Kier alpha value is -10.1. The van der Waals surface area contributed by atoms with Gasteiger partial charge < -0.3 is 68.0 Å². The van der Waals surface area contributed by atoms with E-state index in [2.05, 4.69) is 9.13 Å². The van der Waals surface area contributed by atoms with Crippen molar-refractivity contribution in [3.05, 3.63) is 216 Å². The number of halogens is 2. The van der Waals surface area contributed by atoms with Crippen LogP contribution in [0.3, 0.4) is 0 Å². The van der Waals surface area contributed by atoms with Crippen molar-refractivity contribution in [2.75, 3.05) is 93.8 Å². The summed E-state index contributed by atoms with van der Waals surface area (Å²) >= 11 is 0. The summed E-state index contributed by atoms with van der Waals surface area (Å²) in [5, 5.41) is 0. The third kappa shape index (κ3) is 17.1. The number of rotatable bonds is 32. The van der Waals surface area contributed by atoms with Crippen LogP contribution in [0.25, 0.3) is 67.8 Å².